The second-order valence-corrected chi connectivity index (χ2v) is 21.4. The van der Waals surface area contributed by atoms with Gasteiger partial charge >= 0.3 is 0 Å². The summed E-state index contributed by atoms with van der Waals surface area (Å²) in [5, 5.41) is 101. The number of likely N-dealkylation sites (N-methyl/N-ethyl adjacent to an activating group) is 2. The maximum Gasteiger partial charge on any atom is 0.248 e. The van der Waals surface area contributed by atoms with Crippen LogP contribution in [0.5, 0.6) is 69.0 Å². The number of rotatable bonds is 2. The van der Waals surface area contributed by atoms with E-state index in [1.54, 1.807) is 12.1 Å². The normalized spacial score (nSPS) is 21.8. The summed E-state index contributed by atoms with van der Waals surface area (Å²) in [5.74, 6) is -13.1. The van der Waals surface area contributed by atoms with E-state index in [4.69, 9.17) is 37.4 Å². The fourth-order valence-corrected chi connectivity index (χ4v) is 11.1. The lowest BCUT2D eigenvalue weighted by atomic mass is 9.89. The van der Waals surface area contributed by atoms with Gasteiger partial charge in [-0.3, -0.25) is 33.6 Å². The summed E-state index contributed by atoms with van der Waals surface area (Å²) in [6.07, 6.45) is -2.31. The summed E-state index contributed by atoms with van der Waals surface area (Å²) in [5.41, 5.74) is -1.30. The van der Waals surface area contributed by atoms with Gasteiger partial charge < -0.3 is 92.5 Å². The first-order chi connectivity index (χ1) is 41.6. The summed E-state index contributed by atoms with van der Waals surface area (Å²) < 4.78 is 18.6. The quantitative estimate of drug-likeness (QED) is 0.109. The first-order valence-electron chi connectivity index (χ1n) is 26.5. The molecule has 6 aliphatic heterocycles. The molecule has 87 heavy (non-hydrogen) atoms. The molecule has 446 valence electrons. The van der Waals surface area contributed by atoms with E-state index in [2.05, 4.69) is 42.5 Å². The molecule has 25 nitrogen and oxygen atoms in total. The average Bonchev–Trinajstić information content (AvgIpc) is 1.54. The van der Waals surface area contributed by atoms with E-state index in [-0.39, 0.29) is 78.9 Å². The van der Waals surface area contributed by atoms with Gasteiger partial charge in [-0.05, 0) is 113 Å². The van der Waals surface area contributed by atoms with Crippen LogP contribution in [0.3, 0.4) is 0 Å². The van der Waals surface area contributed by atoms with E-state index in [1.165, 1.54) is 68.7 Å². The van der Waals surface area contributed by atoms with Crippen LogP contribution in [-0.2, 0) is 40.0 Å². The van der Waals surface area contributed by atoms with E-state index < -0.39 is 141 Å². The predicted octanol–water partition coefficient (Wildman–Crippen LogP) is 4.91. The van der Waals surface area contributed by atoms with Crippen molar-refractivity contribution in [3.8, 4) is 80.1 Å². The lowest BCUT2D eigenvalue weighted by Crippen LogP contribution is -2.55. The number of nitrogens with one attached hydrogen (secondary N) is 8. The van der Waals surface area contributed by atoms with Gasteiger partial charge in [0.25, 0.3) is 0 Å². The molecule has 7 amide bonds. The van der Waals surface area contributed by atoms with Crippen molar-refractivity contribution in [3.05, 3.63) is 164 Å². The van der Waals surface area contributed by atoms with Crippen LogP contribution >= 0.6 is 23.2 Å². The largest absolute Gasteiger partial charge is 0.508 e. The number of carbonyl (C=O) groups excluding carboxylic acids is 7. The van der Waals surface area contributed by atoms with Crippen molar-refractivity contribution in [2.45, 2.75) is 54.8 Å². The number of carbonyl (C=O) groups is 7. The van der Waals surface area contributed by atoms with Gasteiger partial charge in [-0.2, -0.15) is 0 Å². The van der Waals surface area contributed by atoms with Gasteiger partial charge in [0, 0.05) is 42.3 Å². The second kappa shape index (κ2) is 23.2. The molecule has 0 spiro atoms. The topological polar surface area (TPSA) is 385 Å². The molecule has 6 aliphatic rings. The lowest BCUT2D eigenvalue weighted by Gasteiger charge is -2.31. The third-order valence-electron chi connectivity index (χ3n) is 15.0. The number of hydrogen-bond acceptors (Lipinski definition) is 18. The summed E-state index contributed by atoms with van der Waals surface area (Å²) in [7, 11) is 2.69. The molecule has 27 heteroatoms. The van der Waals surface area contributed by atoms with Gasteiger partial charge in [0.15, 0.2) is 23.0 Å². The number of aliphatic hydroxyl groups excluding tert-OH is 1. The first kappa shape index (κ1) is 58.3. The zero-order valence-corrected chi connectivity index (χ0v) is 46.8. The molecule has 7 aromatic carbocycles. The van der Waals surface area contributed by atoms with Crippen molar-refractivity contribution in [3.63, 3.8) is 0 Å². The molecule has 6 heterocycles. The molecule has 17 bridgehead atoms. The molecule has 13 rings (SSSR count). The Bertz CT molecular complexity index is 4060. The third-order valence-corrected chi connectivity index (χ3v) is 15.7. The van der Waals surface area contributed by atoms with Crippen LogP contribution in [0.15, 0.2) is 115 Å². The molecule has 0 fully saturated rings. The zero-order chi connectivity index (χ0) is 61.9. The van der Waals surface area contributed by atoms with E-state index in [1.807, 2.05) is 0 Å². The van der Waals surface area contributed by atoms with Gasteiger partial charge in [-0.25, -0.2) is 0 Å². The SMILES string of the molecule is CNC(=O)C1NC(=O)C2NC(=O)C(NC(=O)C3NC(=O)C4NC(=O)C(Cc5ccc(cc5)Oc5cc3cc(c5O)Oc3ccc(cc3Cl)C2O)NC(=O)C(NC)c2ccc(O)c(c2)Oc2cc(O)c(Cl)c4c2)c2ccc(O)c(c2)-c2c(O)cc(O)cc21. The van der Waals surface area contributed by atoms with Crippen molar-refractivity contribution >= 4 is 64.6 Å². The van der Waals surface area contributed by atoms with E-state index >= 15 is 19.2 Å². The highest BCUT2D eigenvalue weighted by Gasteiger charge is 2.41. The maximum atomic E-state index is 15.8. The predicted molar refractivity (Wildman–Crippen MR) is 306 cm³/mol. The number of aromatic hydroxyl groups is 6. The van der Waals surface area contributed by atoms with Crippen LogP contribution < -0.4 is 56.7 Å². The standard InChI is InChI=1S/C60H50Cl2N8O17/c1-63-46-25-6-11-37(73)41(16-25)86-30-21-33(45(62)39(75)22-30)50-59(83)67-48-27-17-42(85-29-8-3-23(4-9-29)13-35(54(78)68-50)65-56(46)80)53(77)43(18-27)87-40-12-7-26(15-34(40)61)52(76)51-60(84)69-49(55(79)64-2)32-19-28(71)20-38(74)44(32)31-14-24(5-10-36(31)72)47(57(81)70-51)66-58(48)82/h3-12,14-22,35,46-52,63,71-77H,13H2,1-2H3,(H,64,79)(H,65,80)(H,66,82)(H,67,83)(H,68,78)(H,69,84)(H,70,81). The summed E-state index contributed by atoms with van der Waals surface area (Å²) >= 11 is 13.7. The number of phenols is 6. The number of fused-ring (bicyclic) bond motifs is 14. The minimum Gasteiger partial charge on any atom is -0.508 e. The maximum absolute atomic E-state index is 15.8. The highest BCUT2D eigenvalue weighted by Crippen LogP contribution is 2.48. The van der Waals surface area contributed by atoms with Crippen LogP contribution in [0.1, 0.15) is 75.3 Å². The molecule has 8 atom stereocenters. The molecular formula is C60H50Cl2N8O17. The van der Waals surface area contributed by atoms with Crippen molar-refractivity contribution in [2.24, 2.45) is 0 Å². The van der Waals surface area contributed by atoms with Crippen LogP contribution in [-0.4, -0.2) is 103 Å². The Morgan fingerprint density at radius 2 is 1.15 bits per heavy atom. The van der Waals surface area contributed by atoms with Gasteiger partial charge in [-0.1, -0.05) is 53.5 Å². The Balaban J connectivity index is 1.14. The lowest BCUT2D eigenvalue weighted by molar-refractivity contribution is -0.137. The molecular weight excluding hydrogens is 1180 g/mol. The third kappa shape index (κ3) is 11.2. The number of ether oxygens (including phenoxy) is 3. The molecule has 0 aliphatic carbocycles. The highest BCUT2D eigenvalue weighted by atomic mass is 35.5. The van der Waals surface area contributed by atoms with E-state index in [9.17, 15) is 50.1 Å². The monoisotopic (exact) mass is 1220 g/mol. The number of halogens is 2. The molecule has 0 aromatic heterocycles. The fourth-order valence-electron chi connectivity index (χ4n) is 10.6. The van der Waals surface area contributed by atoms with Crippen LogP contribution in [0.4, 0.5) is 0 Å². The van der Waals surface area contributed by atoms with E-state index in [0.29, 0.717) is 5.56 Å². The minimum atomic E-state index is -2.15. The van der Waals surface area contributed by atoms with Crippen LogP contribution in [0.2, 0.25) is 10.0 Å². The molecule has 0 saturated carbocycles. The Morgan fingerprint density at radius 3 is 1.86 bits per heavy atom. The van der Waals surface area contributed by atoms with Gasteiger partial charge in [0.05, 0.1) is 10.0 Å². The van der Waals surface area contributed by atoms with Crippen molar-refractivity contribution in [1.29, 1.82) is 0 Å². The first-order valence-corrected chi connectivity index (χ1v) is 27.3. The number of hydrogen-bond donors (Lipinski definition) is 15. The number of phenolic OH excluding ortho intramolecular Hbond substituents is 6. The number of aliphatic hydroxyl groups is 1. The summed E-state index contributed by atoms with van der Waals surface area (Å²) in [6.45, 7) is 0. The van der Waals surface area contributed by atoms with Crippen LogP contribution in [0.25, 0.3) is 11.1 Å². The zero-order valence-electron chi connectivity index (χ0n) is 45.3. The smallest absolute Gasteiger partial charge is 0.248 e. The van der Waals surface area contributed by atoms with Gasteiger partial charge in [0.1, 0.15) is 88.6 Å². The Hall–Kier alpha value is -10.5. The van der Waals surface area contributed by atoms with Crippen molar-refractivity contribution < 1.29 is 83.5 Å². The number of amides is 7. The highest BCUT2D eigenvalue weighted by molar-refractivity contribution is 6.33. The van der Waals surface area contributed by atoms with Crippen molar-refractivity contribution in [2.75, 3.05) is 14.1 Å². The van der Waals surface area contributed by atoms with E-state index in [0.717, 1.165) is 48.5 Å². The number of benzene rings is 7. The Labute approximate surface area is 501 Å². The average molecular weight is 1230 g/mol. The Morgan fingerprint density at radius 1 is 0.517 bits per heavy atom. The fraction of sp³-hybridized carbons (Fsp3) is 0.183. The van der Waals surface area contributed by atoms with Crippen molar-refractivity contribution in [1.82, 2.24) is 42.5 Å². The molecule has 8 unspecified atom stereocenters. The van der Waals surface area contributed by atoms with Gasteiger partial charge in [0.2, 0.25) is 47.1 Å². The summed E-state index contributed by atoms with van der Waals surface area (Å²) in [6, 6.07) is 10.5. The van der Waals surface area contributed by atoms with Crippen LogP contribution in [0, 0.1) is 0 Å². The second-order valence-electron chi connectivity index (χ2n) is 20.6. The molecule has 7 aromatic rings. The molecule has 15 N–H and O–H groups in total. The molecule has 0 radical (unpaired) electrons. The Kier molecular flexibility index (Phi) is 15.5. The molecule has 0 saturated heterocycles. The minimum absolute atomic E-state index is 0.0540. The summed E-state index contributed by atoms with van der Waals surface area (Å²) in [4.78, 5) is 105. The van der Waals surface area contributed by atoms with Gasteiger partial charge in [-0.15, -0.1) is 0 Å².